The van der Waals surface area contributed by atoms with E-state index in [4.69, 9.17) is 34.8 Å². The summed E-state index contributed by atoms with van der Waals surface area (Å²) < 4.78 is 2.11. The van der Waals surface area contributed by atoms with Crippen molar-refractivity contribution in [2.75, 3.05) is 0 Å². The summed E-state index contributed by atoms with van der Waals surface area (Å²) in [4.78, 5) is 0. The molecule has 3 aromatic rings. The molecular formula is C15H10Cl3N. The maximum absolute atomic E-state index is 6.20. The van der Waals surface area contributed by atoms with Crippen LogP contribution in [0, 0.1) is 0 Å². The van der Waals surface area contributed by atoms with E-state index in [1.165, 1.54) is 0 Å². The maximum atomic E-state index is 6.20. The molecule has 0 saturated carbocycles. The third-order valence-corrected chi connectivity index (χ3v) is 4.04. The minimum atomic E-state index is 0.670. The van der Waals surface area contributed by atoms with Crippen LogP contribution in [0.1, 0.15) is 5.56 Å². The van der Waals surface area contributed by atoms with Crippen molar-refractivity contribution in [3.63, 3.8) is 0 Å². The number of nitrogens with zero attached hydrogens (tertiary/aromatic N) is 1. The first-order valence-corrected chi connectivity index (χ1v) is 6.96. The van der Waals surface area contributed by atoms with Gasteiger partial charge in [0.25, 0.3) is 0 Å². The van der Waals surface area contributed by atoms with Gasteiger partial charge in [-0.2, -0.15) is 0 Å². The van der Waals surface area contributed by atoms with Crippen LogP contribution >= 0.6 is 34.8 Å². The molecule has 4 heteroatoms. The van der Waals surface area contributed by atoms with Crippen LogP contribution in [0.3, 0.4) is 0 Å². The quantitative estimate of drug-likeness (QED) is 0.576. The smallest absolute Gasteiger partial charge is 0.0499 e. The molecule has 0 radical (unpaired) electrons. The van der Waals surface area contributed by atoms with Crippen LogP contribution in [-0.2, 0) is 6.54 Å². The first kappa shape index (κ1) is 12.9. The zero-order valence-electron chi connectivity index (χ0n) is 9.91. The molecule has 1 aromatic heterocycles. The molecule has 19 heavy (non-hydrogen) atoms. The third kappa shape index (κ3) is 2.46. The Bertz CT molecular complexity index is 746. The highest BCUT2D eigenvalue weighted by Crippen LogP contribution is 2.27. The van der Waals surface area contributed by atoms with Gasteiger partial charge in [-0.05, 0) is 42.0 Å². The largest absolute Gasteiger partial charge is 0.343 e. The Labute approximate surface area is 126 Å². The average Bonchev–Trinajstić information content (AvgIpc) is 2.79. The van der Waals surface area contributed by atoms with Crippen LogP contribution in [0.4, 0.5) is 0 Å². The summed E-state index contributed by atoms with van der Waals surface area (Å²) in [5, 5.41) is 3.21. The molecule has 0 aliphatic heterocycles. The van der Waals surface area contributed by atoms with E-state index in [0.29, 0.717) is 16.6 Å². The monoisotopic (exact) mass is 309 g/mol. The summed E-state index contributed by atoms with van der Waals surface area (Å²) in [6.45, 7) is 0.670. The standard InChI is InChI=1S/C15H10Cl3N/c16-11-4-5-13(17)10(8-11)9-19-7-6-12-14(18)2-1-3-15(12)19/h1-8H,9H2. The van der Waals surface area contributed by atoms with Crippen LogP contribution in [0.2, 0.25) is 15.1 Å². The minimum absolute atomic E-state index is 0.670. The van der Waals surface area contributed by atoms with Gasteiger partial charge < -0.3 is 4.57 Å². The van der Waals surface area contributed by atoms with Crippen molar-refractivity contribution in [1.29, 1.82) is 0 Å². The van der Waals surface area contributed by atoms with Crippen LogP contribution < -0.4 is 0 Å². The minimum Gasteiger partial charge on any atom is -0.343 e. The molecule has 0 aliphatic carbocycles. The van der Waals surface area contributed by atoms with E-state index in [0.717, 1.165) is 21.5 Å². The molecule has 2 aromatic carbocycles. The number of rotatable bonds is 2. The third-order valence-electron chi connectivity index (χ3n) is 3.11. The lowest BCUT2D eigenvalue weighted by Gasteiger charge is -2.08. The molecular weight excluding hydrogens is 301 g/mol. The second kappa shape index (κ2) is 5.09. The van der Waals surface area contributed by atoms with Crippen LogP contribution in [-0.4, -0.2) is 4.57 Å². The van der Waals surface area contributed by atoms with E-state index in [1.807, 2.05) is 42.6 Å². The Morgan fingerprint density at radius 2 is 1.74 bits per heavy atom. The van der Waals surface area contributed by atoms with Gasteiger partial charge in [0.1, 0.15) is 0 Å². The molecule has 0 aliphatic rings. The van der Waals surface area contributed by atoms with E-state index in [-0.39, 0.29) is 0 Å². The molecule has 0 bridgehead atoms. The van der Waals surface area contributed by atoms with Crippen LogP contribution in [0.5, 0.6) is 0 Å². The summed E-state index contributed by atoms with van der Waals surface area (Å²) in [6.07, 6.45) is 2.01. The summed E-state index contributed by atoms with van der Waals surface area (Å²) in [6, 6.07) is 13.4. The summed E-state index contributed by atoms with van der Waals surface area (Å²) in [5.74, 6) is 0. The molecule has 3 rings (SSSR count). The van der Waals surface area contributed by atoms with E-state index >= 15 is 0 Å². The lowest BCUT2D eigenvalue weighted by Crippen LogP contribution is -1.98. The second-order valence-corrected chi connectivity index (χ2v) is 5.60. The van der Waals surface area contributed by atoms with Gasteiger partial charge >= 0.3 is 0 Å². The second-order valence-electron chi connectivity index (χ2n) is 4.35. The fourth-order valence-corrected chi connectivity index (χ4v) is 2.78. The van der Waals surface area contributed by atoms with Crippen molar-refractivity contribution < 1.29 is 0 Å². The van der Waals surface area contributed by atoms with Gasteiger partial charge in [-0.25, -0.2) is 0 Å². The summed E-state index contributed by atoms with van der Waals surface area (Å²) in [7, 11) is 0. The lowest BCUT2D eigenvalue weighted by molar-refractivity contribution is 0.837. The zero-order valence-corrected chi connectivity index (χ0v) is 12.2. The van der Waals surface area contributed by atoms with Gasteiger partial charge in [-0.1, -0.05) is 40.9 Å². The van der Waals surface area contributed by atoms with Crippen molar-refractivity contribution >= 4 is 45.7 Å². The Morgan fingerprint density at radius 3 is 2.58 bits per heavy atom. The summed E-state index contributed by atoms with van der Waals surface area (Å²) in [5.41, 5.74) is 2.08. The molecule has 1 heterocycles. The Balaban J connectivity index is 2.06. The van der Waals surface area contributed by atoms with E-state index in [2.05, 4.69) is 4.57 Å². The lowest BCUT2D eigenvalue weighted by atomic mass is 10.2. The number of halogens is 3. The Kier molecular flexibility index (Phi) is 3.44. The van der Waals surface area contributed by atoms with Crippen molar-refractivity contribution in [2.45, 2.75) is 6.54 Å². The van der Waals surface area contributed by atoms with Gasteiger partial charge in [0.05, 0.1) is 0 Å². The molecule has 1 nitrogen and oxygen atoms in total. The first-order chi connectivity index (χ1) is 9.15. The normalized spacial score (nSPS) is 11.1. The number of hydrogen-bond acceptors (Lipinski definition) is 0. The molecule has 96 valence electrons. The number of hydrogen-bond donors (Lipinski definition) is 0. The van der Waals surface area contributed by atoms with E-state index in [1.54, 1.807) is 6.07 Å². The maximum Gasteiger partial charge on any atom is 0.0499 e. The molecule has 0 saturated heterocycles. The van der Waals surface area contributed by atoms with Gasteiger partial charge in [0, 0.05) is 38.7 Å². The first-order valence-electron chi connectivity index (χ1n) is 5.82. The van der Waals surface area contributed by atoms with Gasteiger partial charge in [0.15, 0.2) is 0 Å². The molecule has 0 N–H and O–H groups in total. The fourth-order valence-electron chi connectivity index (χ4n) is 2.17. The molecule has 0 amide bonds. The topological polar surface area (TPSA) is 4.93 Å². The van der Waals surface area contributed by atoms with Crippen molar-refractivity contribution in [3.05, 3.63) is 69.3 Å². The van der Waals surface area contributed by atoms with E-state index in [9.17, 15) is 0 Å². The summed E-state index contributed by atoms with van der Waals surface area (Å²) >= 11 is 18.4. The highest BCUT2D eigenvalue weighted by molar-refractivity contribution is 6.35. The van der Waals surface area contributed by atoms with Crippen molar-refractivity contribution in [1.82, 2.24) is 4.57 Å². The Morgan fingerprint density at radius 1 is 0.895 bits per heavy atom. The highest BCUT2D eigenvalue weighted by Gasteiger charge is 2.07. The number of aromatic nitrogens is 1. The van der Waals surface area contributed by atoms with Crippen molar-refractivity contribution in [3.8, 4) is 0 Å². The molecule has 0 spiro atoms. The predicted molar refractivity (Wildman–Crippen MR) is 82.5 cm³/mol. The molecule has 0 unspecified atom stereocenters. The molecule has 0 fully saturated rings. The van der Waals surface area contributed by atoms with Gasteiger partial charge in [0.2, 0.25) is 0 Å². The predicted octanol–water partition coefficient (Wildman–Crippen LogP) is 5.65. The van der Waals surface area contributed by atoms with E-state index < -0.39 is 0 Å². The zero-order chi connectivity index (χ0) is 13.4. The van der Waals surface area contributed by atoms with Crippen molar-refractivity contribution in [2.24, 2.45) is 0 Å². The highest BCUT2D eigenvalue weighted by atomic mass is 35.5. The molecule has 0 atom stereocenters. The fraction of sp³-hybridized carbons (Fsp3) is 0.0667. The average molecular weight is 311 g/mol. The van der Waals surface area contributed by atoms with Gasteiger partial charge in [-0.15, -0.1) is 0 Å². The number of fused-ring (bicyclic) bond motifs is 1. The SMILES string of the molecule is Clc1ccc(Cl)c(Cn2ccc3c(Cl)cccc32)c1. The number of benzene rings is 2. The Hall–Kier alpha value is -1.15. The van der Waals surface area contributed by atoms with Gasteiger partial charge in [-0.3, -0.25) is 0 Å². The van der Waals surface area contributed by atoms with Crippen LogP contribution in [0.15, 0.2) is 48.7 Å². The van der Waals surface area contributed by atoms with Crippen LogP contribution in [0.25, 0.3) is 10.9 Å².